The van der Waals surface area contributed by atoms with Gasteiger partial charge in [0.25, 0.3) is 0 Å². The zero-order valence-corrected chi connectivity index (χ0v) is 7.15. The minimum absolute atomic E-state index is 0.596. The second-order valence-corrected chi connectivity index (χ2v) is 3.94. The number of benzene rings is 1. The Morgan fingerprint density at radius 3 is 2.73 bits per heavy atom. The van der Waals surface area contributed by atoms with Gasteiger partial charge in [0.05, 0.1) is 20.7 Å². The van der Waals surface area contributed by atoms with E-state index < -0.39 is 10.8 Å². The zero-order chi connectivity index (χ0) is 7.84. The average molecular weight is 185 g/mol. The molecule has 0 aliphatic carbocycles. The predicted octanol–water partition coefficient (Wildman–Crippen LogP) is 2.34. The molecule has 2 rings (SSSR count). The second kappa shape index (κ2) is 2.47. The molecule has 0 saturated heterocycles. The molecular weight excluding hydrogens is 180 g/mol. The molecule has 56 valence electrons. The summed E-state index contributed by atoms with van der Waals surface area (Å²) in [6, 6.07) is 7.45. The highest BCUT2D eigenvalue weighted by Crippen LogP contribution is 2.32. The smallest absolute Gasteiger partial charge is 0.0797 e. The lowest BCUT2D eigenvalue weighted by atomic mass is 10.2. The lowest BCUT2D eigenvalue weighted by Gasteiger charge is -1.94. The van der Waals surface area contributed by atoms with Crippen LogP contribution in [0.15, 0.2) is 34.6 Å². The molecule has 3 heteroatoms. The zero-order valence-electron chi connectivity index (χ0n) is 5.58. The van der Waals surface area contributed by atoms with E-state index in [4.69, 9.17) is 11.6 Å². The second-order valence-electron chi connectivity index (χ2n) is 2.26. The molecule has 1 aliphatic rings. The molecule has 1 heterocycles. The van der Waals surface area contributed by atoms with Crippen molar-refractivity contribution in [2.45, 2.75) is 4.90 Å². The van der Waals surface area contributed by atoms with Crippen molar-refractivity contribution in [1.29, 1.82) is 0 Å². The first-order chi connectivity index (χ1) is 5.29. The number of hydrogen-bond donors (Lipinski definition) is 0. The van der Waals surface area contributed by atoms with Crippen LogP contribution in [-0.4, -0.2) is 4.21 Å². The summed E-state index contributed by atoms with van der Waals surface area (Å²) in [5.74, 6) is 0. The number of halogens is 1. The summed E-state index contributed by atoms with van der Waals surface area (Å²) in [6.07, 6.45) is 0. The van der Waals surface area contributed by atoms with Gasteiger partial charge in [-0.3, -0.25) is 0 Å². The van der Waals surface area contributed by atoms with E-state index in [0.717, 1.165) is 10.5 Å². The number of fused-ring (bicyclic) bond motifs is 1. The lowest BCUT2D eigenvalue weighted by Crippen LogP contribution is -1.82. The Hall–Kier alpha value is -0.600. The molecular formula is C8H5ClOS. The van der Waals surface area contributed by atoms with Crippen LogP contribution in [0.4, 0.5) is 0 Å². The fourth-order valence-electron chi connectivity index (χ4n) is 1.06. The van der Waals surface area contributed by atoms with E-state index in [9.17, 15) is 4.21 Å². The average Bonchev–Trinajstić information content (AvgIpc) is 2.30. The maximum absolute atomic E-state index is 11.2. The molecule has 0 fully saturated rings. The lowest BCUT2D eigenvalue weighted by molar-refractivity contribution is 0.689. The van der Waals surface area contributed by atoms with Crippen LogP contribution in [0.2, 0.25) is 0 Å². The molecule has 1 nitrogen and oxygen atoms in total. The normalized spacial score (nSPS) is 21.2. The number of hydrogen-bond acceptors (Lipinski definition) is 1. The van der Waals surface area contributed by atoms with Gasteiger partial charge in [-0.05, 0) is 6.07 Å². The topological polar surface area (TPSA) is 17.1 Å². The van der Waals surface area contributed by atoms with E-state index in [1.165, 1.54) is 0 Å². The van der Waals surface area contributed by atoms with Gasteiger partial charge < -0.3 is 0 Å². The monoisotopic (exact) mass is 184 g/mol. The Balaban J connectivity index is 2.71. The van der Waals surface area contributed by atoms with Crippen molar-refractivity contribution in [3.05, 3.63) is 35.2 Å². The van der Waals surface area contributed by atoms with E-state index in [1.807, 2.05) is 24.3 Å². The molecule has 0 bridgehead atoms. The van der Waals surface area contributed by atoms with Crippen molar-refractivity contribution in [3.8, 4) is 0 Å². The highest BCUT2D eigenvalue weighted by atomic mass is 35.5. The third-order valence-electron chi connectivity index (χ3n) is 1.57. The van der Waals surface area contributed by atoms with Crippen molar-refractivity contribution < 1.29 is 4.21 Å². The Morgan fingerprint density at radius 1 is 1.27 bits per heavy atom. The van der Waals surface area contributed by atoms with Crippen molar-refractivity contribution in [3.63, 3.8) is 0 Å². The third-order valence-corrected chi connectivity index (χ3v) is 3.25. The Bertz CT molecular complexity index is 357. The van der Waals surface area contributed by atoms with Crippen LogP contribution in [0.25, 0.3) is 5.03 Å². The largest absolute Gasteiger partial charge is 0.250 e. The van der Waals surface area contributed by atoms with Gasteiger partial charge in [0.15, 0.2) is 0 Å². The first-order valence-corrected chi connectivity index (χ1v) is 4.75. The van der Waals surface area contributed by atoms with Crippen LogP contribution in [0, 0.1) is 0 Å². The summed E-state index contributed by atoms with van der Waals surface area (Å²) in [7, 11) is -1.02. The molecule has 11 heavy (non-hydrogen) atoms. The SMILES string of the molecule is O=S1C=C(Cl)c2ccccc21. The fraction of sp³-hybridized carbons (Fsp3) is 0. The molecule has 0 spiro atoms. The van der Waals surface area contributed by atoms with Gasteiger partial charge >= 0.3 is 0 Å². The highest BCUT2D eigenvalue weighted by molar-refractivity contribution is 7.88. The van der Waals surface area contributed by atoms with Crippen molar-refractivity contribution in [1.82, 2.24) is 0 Å². The maximum atomic E-state index is 11.2. The van der Waals surface area contributed by atoms with Crippen molar-refractivity contribution >= 4 is 27.4 Å². The Kier molecular flexibility index (Phi) is 1.59. The summed E-state index contributed by atoms with van der Waals surface area (Å²) in [4.78, 5) is 0.817. The first-order valence-electron chi connectivity index (χ1n) is 3.16. The van der Waals surface area contributed by atoms with Gasteiger partial charge in [-0.2, -0.15) is 0 Å². The molecule has 1 aliphatic heterocycles. The molecule has 1 atom stereocenters. The van der Waals surface area contributed by atoms with Gasteiger partial charge in [0, 0.05) is 11.0 Å². The summed E-state index contributed by atoms with van der Waals surface area (Å²) < 4.78 is 11.2. The molecule has 1 unspecified atom stereocenters. The van der Waals surface area contributed by atoms with E-state index >= 15 is 0 Å². The molecule has 0 amide bonds. The van der Waals surface area contributed by atoms with Crippen molar-refractivity contribution in [2.24, 2.45) is 0 Å². The van der Waals surface area contributed by atoms with Crippen LogP contribution in [0.1, 0.15) is 5.56 Å². The number of rotatable bonds is 0. The van der Waals surface area contributed by atoms with E-state index in [2.05, 4.69) is 0 Å². The Morgan fingerprint density at radius 2 is 2.00 bits per heavy atom. The standard InChI is InChI=1S/C8H5ClOS/c9-7-5-11(10)8-4-2-1-3-6(7)8/h1-5H. The van der Waals surface area contributed by atoms with Crippen LogP contribution in [0.5, 0.6) is 0 Å². The maximum Gasteiger partial charge on any atom is 0.0797 e. The van der Waals surface area contributed by atoms with Gasteiger partial charge in [-0.25, -0.2) is 4.21 Å². The van der Waals surface area contributed by atoms with E-state index in [1.54, 1.807) is 5.41 Å². The van der Waals surface area contributed by atoms with Gasteiger partial charge in [-0.1, -0.05) is 29.8 Å². The fourth-order valence-corrected chi connectivity index (χ4v) is 2.57. The summed E-state index contributed by atoms with van der Waals surface area (Å²) in [5, 5.41) is 2.16. The highest BCUT2D eigenvalue weighted by Gasteiger charge is 2.16. The summed E-state index contributed by atoms with van der Waals surface area (Å²) in [5.41, 5.74) is 0.896. The summed E-state index contributed by atoms with van der Waals surface area (Å²) in [6.45, 7) is 0. The molecule has 1 aromatic carbocycles. The summed E-state index contributed by atoms with van der Waals surface area (Å²) >= 11 is 5.81. The molecule has 0 saturated carbocycles. The Labute approximate surface area is 72.1 Å². The first kappa shape index (κ1) is 7.07. The molecule has 0 N–H and O–H groups in total. The van der Waals surface area contributed by atoms with Crippen LogP contribution in [0.3, 0.4) is 0 Å². The third kappa shape index (κ3) is 1.03. The predicted molar refractivity (Wildman–Crippen MR) is 46.7 cm³/mol. The van der Waals surface area contributed by atoms with Crippen LogP contribution < -0.4 is 0 Å². The molecule has 1 aromatic rings. The van der Waals surface area contributed by atoms with Crippen LogP contribution in [-0.2, 0) is 10.8 Å². The minimum Gasteiger partial charge on any atom is -0.250 e. The van der Waals surface area contributed by atoms with Crippen molar-refractivity contribution in [2.75, 3.05) is 0 Å². The van der Waals surface area contributed by atoms with Gasteiger partial charge in [-0.15, -0.1) is 0 Å². The van der Waals surface area contributed by atoms with Crippen LogP contribution >= 0.6 is 11.6 Å². The quantitative estimate of drug-likeness (QED) is 0.605. The minimum atomic E-state index is -1.02. The van der Waals surface area contributed by atoms with E-state index in [-0.39, 0.29) is 0 Å². The van der Waals surface area contributed by atoms with Gasteiger partial charge in [0.1, 0.15) is 0 Å². The van der Waals surface area contributed by atoms with E-state index in [0.29, 0.717) is 5.03 Å². The molecule has 0 aromatic heterocycles. The molecule has 0 radical (unpaired) electrons. The van der Waals surface area contributed by atoms with Gasteiger partial charge in [0.2, 0.25) is 0 Å².